The first-order chi connectivity index (χ1) is 9.56. The van der Waals surface area contributed by atoms with Gasteiger partial charge in [0, 0.05) is 19.0 Å². The zero-order chi connectivity index (χ0) is 14.5. The summed E-state index contributed by atoms with van der Waals surface area (Å²) in [6.07, 6.45) is 0.134. The molecule has 1 unspecified atom stereocenters. The maximum atomic E-state index is 13.1. The molecule has 1 atom stereocenters. The van der Waals surface area contributed by atoms with Crippen molar-refractivity contribution in [3.8, 4) is 0 Å². The van der Waals surface area contributed by atoms with Gasteiger partial charge in [0.15, 0.2) is 0 Å². The van der Waals surface area contributed by atoms with E-state index in [2.05, 4.69) is 10.6 Å². The van der Waals surface area contributed by atoms with Crippen LogP contribution < -0.4 is 10.6 Å². The first kappa shape index (κ1) is 14.4. The van der Waals surface area contributed by atoms with Gasteiger partial charge in [-0.25, -0.2) is 9.18 Å². The minimum atomic E-state index is -1.22. The Balaban J connectivity index is 2.03. The van der Waals surface area contributed by atoms with Crippen molar-refractivity contribution >= 4 is 17.6 Å². The van der Waals surface area contributed by atoms with Crippen LogP contribution in [0.3, 0.4) is 0 Å². The van der Waals surface area contributed by atoms with Crippen LogP contribution in [-0.2, 0) is 9.53 Å². The lowest BCUT2D eigenvalue weighted by atomic mass is 10.1. The van der Waals surface area contributed by atoms with Crippen LogP contribution >= 0.6 is 0 Å². The number of carboxylic acid groups (broad SMARTS) is 1. The van der Waals surface area contributed by atoms with Crippen molar-refractivity contribution in [1.82, 2.24) is 5.32 Å². The summed E-state index contributed by atoms with van der Waals surface area (Å²) in [5, 5.41) is 14.5. The van der Waals surface area contributed by atoms with Gasteiger partial charge in [0.25, 0.3) is 0 Å². The van der Waals surface area contributed by atoms with E-state index in [-0.39, 0.29) is 29.6 Å². The number of hydrogen-bond donors (Lipinski definition) is 3. The van der Waals surface area contributed by atoms with E-state index in [4.69, 9.17) is 9.84 Å². The summed E-state index contributed by atoms with van der Waals surface area (Å²) in [7, 11) is 0. The quantitative estimate of drug-likeness (QED) is 0.761. The fourth-order valence-electron chi connectivity index (χ4n) is 1.98. The zero-order valence-electron chi connectivity index (χ0n) is 10.7. The standard InChI is InChI=1S/C13H15FN2O4/c14-8-1-2-10(13(18)19)11(5-8)16-12(17)6-9-7-20-4-3-15-9/h1-2,5,9,15H,3-4,6-7H2,(H,16,17)(H,18,19). The number of carbonyl (C=O) groups is 2. The van der Waals surface area contributed by atoms with Gasteiger partial charge >= 0.3 is 5.97 Å². The Bertz CT molecular complexity index is 515. The molecule has 0 saturated carbocycles. The Labute approximate surface area is 114 Å². The molecule has 7 heteroatoms. The van der Waals surface area contributed by atoms with Gasteiger partial charge in [0.2, 0.25) is 5.91 Å². The van der Waals surface area contributed by atoms with E-state index in [1.54, 1.807) is 0 Å². The van der Waals surface area contributed by atoms with Crippen LogP contribution in [0.5, 0.6) is 0 Å². The first-order valence-corrected chi connectivity index (χ1v) is 6.20. The molecule has 0 aromatic heterocycles. The number of morpholine rings is 1. The minimum Gasteiger partial charge on any atom is -0.478 e. The highest BCUT2D eigenvalue weighted by atomic mass is 19.1. The Morgan fingerprint density at radius 2 is 2.30 bits per heavy atom. The molecule has 2 rings (SSSR count). The molecular weight excluding hydrogens is 267 g/mol. The van der Waals surface area contributed by atoms with Gasteiger partial charge in [-0.3, -0.25) is 4.79 Å². The number of anilines is 1. The summed E-state index contributed by atoms with van der Waals surface area (Å²) >= 11 is 0. The molecule has 1 aromatic carbocycles. The lowest BCUT2D eigenvalue weighted by Crippen LogP contribution is -2.43. The van der Waals surface area contributed by atoms with E-state index in [0.717, 1.165) is 18.2 Å². The Kier molecular flexibility index (Phi) is 4.65. The van der Waals surface area contributed by atoms with Crippen LogP contribution in [-0.4, -0.2) is 42.8 Å². The van der Waals surface area contributed by atoms with Crippen molar-refractivity contribution in [1.29, 1.82) is 0 Å². The number of ether oxygens (including phenoxy) is 1. The molecule has 1 aliphatic rings. The molecule has 108 valence electrons. The van der Waals surface area contributed by atoms with Crippen LogP contribution in [0.15, 0.2) is 18.2 Å². The number of benzene rings is 1. The number of aromatic carboxylic acids is 1. The molecule has 0 spiro atoms. The fraction of sp³-hybridized carbons (Fsp3) is 0.385. The third-order valence-corrected chi connectivity index (χ3v) is 2.92. The number of hydrogen-bond acceptors (Lipinski definition) is 4. The van der Waals surface area contributed by atoms with E-state index in [0.29, 0.717) is 19.8 Å². The second-order valence-corrected chi connectivity index (χ2v) is 4.47. The van der Waals surface area contributed by atoms with Crippen LogP contribution in [0.2, 0.25) is 0 Å². The van der Waals surface area contributed by atoms with Crippen molar-refractivity contribution in [2.45, 2.75) is 12.5 Å². The largest absolute Gasteiger partial charge is 0.478 e. The zero-order valence-corrected chi connectivity index (χ0v) is 10.7. The average molecular weight is 282 g/mol. The summed E-state index contributed by atoms with van der Waals surface area (Å²) in [6, 6.07) is 3.03. The SMILES string of the molecule is O=C(CC1COCCN1)Nc1cc(F)ccc1C(=O)O. The Morgan fingerprint density at radius 1 is 1.50 bits per heavy atom. The molecule has 0 radical (unpaired) electrons. The molecule has 1 saturated heterocycles. The third kappa shape index (κ3) is 3.75. The Morgan fingerprint density at radius 3 is 2.95 bits per heavy atom. The molecule has 1 aromatic rings. The van der Waals surface area contributed by atoms with Crippen molar-refractivity contribution < 1.29 is 23.8 Å². The molecule has 0 bridgehead atoms. The van der Waals surface area contributed by atoms with Crippen LogP contribution in [0.25, 0.3) is 0 Å². The van der Waals surface area contributed by atoms with Gasteiger partial charge in [0.05, 0.1) is 24.5 Å². The lowest BCUT2D eigenvalue weighted by Gasteiger charge is -2.23. The average Bonchev–Trinajstić information content (AvgIpc) is 2.39. The fourth-order valence-corrected chi connectivity index (χ4v) is 1.98. The molecule has 1 fully saturated rings. The molecule has 1 amide bonds. The van der Waals surface area contributed by atoms with Gasteiger partial charge in [-0.2, -0.15) is 0 Å². The smallest absolute Gasteiger partial charge is 0.337 e. The van der Waals surface area contributed by atoms with Crippen molar-refractivity contribution in [2.24, 2.45) is 0 Å². The van der Waals surface area contributed by atoms with Gasteiger partial charge in [0.1, 0.15) is 5.82 Å². The second-order valence-electron chi connectivity index (χ2n) is 4.47. The summed E-state index contributed by atoms with van der Waals surface area (Å²) in [5.41, 5.74) is -0.188. The van der Waals surface area contributed by atoms with E-state index >= 15 is 0 Å². The van der Waals surface area contributed by atoms with E-state index in [1.807, 2.05) is 0 Å². The summed E-state index contributed by atoms with van der Waals surface area (Å²) in [4.78, 5) is 22.8. The highest BCUT2D eigenvalue weighted by molar-refractivity contribution is 6.00. The molecular formula is C13H15FN2O4. The number of nitrogens with one attached hydrogen (secondary N) is 2. The van der Waals surface area contributed by atoms with Gasteiger partial charge in [-0.05, 0) is 18.2 Å². The predicted octanol–water partition coefficient (Wildman–Crippen LogP) is 0.841. The highest BCUT2D eigenvalue weighted by Crippen LogP contribution is 2.18. The van der Waals surface area contributed by atoms with Gasteiger partial charge < -0.3 is 20.5 Å². The Hall–Kier alpha value is -1.99. The number of halogens is 1. The maximum absolute atomic E-state index is 13.1. The summed E-state index contributed by atoms with van der Waals surface area (Å²) in [5.74, 6) is -2.22. The topological polar surface area (TPSA) is 87.7 Å². The molecule has 1 heterocycles. The molecule has 1 aliphatic heterocycles. The minimum absolute atomic E-state index is 0.0424. The maximum Gasteiger partial charge on any atom is 0.337 e. The normalized spacial score (nSPS) is 18.6. The van der Waals surface area contributed by atoms with Crippen LogP contribution in [0, 0.1) is 5.82 Å². The molecule has 3 N–H and O–H groups in total. The van der Waals surface area contributed by atoms with Crippen molar-refractivity contribution in [3.05, 3.63) is 29.6 Å². The number of amides is 1. The van der Waals surface area contributed by atoms with Crippen molar-refractivity contribution in [2.75, 3.05) is 25.1 Å². The predicted molar refractivity (Wildman–Crippen MR) is 69.2 cm³/mol. The summed E-state index contributed by atoms with van der Waals surface area (Å²) in [6.45, 7) is 1.69. The molecule has 20 heavy (non-hydrogen) atoms. The van der Waals surface area contributed by atoms with E-state index in [1.165, 1.54) is 0 Å². The van der Waals surface area contributed by atoms with Crippen LogP contribution in [0.4, 0.5) is 10.1 Å². The van der Waals surface area contributed by atoms with E-state index < -0.39 is 11.8 Å². The highest BCUT2D eigenvalue weighted by Gasteiger charge is 2.19. The van der Waals surface area contributed by atoms with Gasteiger partial charge in [-0.1, -0.05) is 0 Å². The lowest BCUT2D eigenvalue weighted by molar-refractivity contribution is -0.117. The second kappa shape index (κ2) is 6.44. The number of rotatable bonds is 4. The molecule has 0 aliphatic carbocycles. The molecule has 6 nitrogen and oxygen atoms in total. The first-order valence-electron chi connectivity index (χ1n) is 6.20. The van der Waals surface area contributed by atoms with E-state index in [9.17, 15) is 14.0 Å². The number of carboxylic acids is 1. The summed E-state index contributed by atoms with van der Waals surface area (Å²) < 4.78 is 18.4. The third-order valence-electron chi connectivity index (χ3n) is 2.92. The van der Waals surface area contributed by atoms with Crippen molar-refractivity contribution in [3.63, 3.8) is 0 Å². The van der Waals surface area contributed by atoms with Crippen LogP contribution in [0.1, 0.15) is 16.8 Å². The monoisotopic (exact) mass is 282 g/mol. The van der Waals surface area contributed by atoms with Gasteiger partial charge in [-0.15, -0.1) is 0 Å². The number of carbonyl (C=O) groups excluding carboxylic acids is 1.